The van der Waals surface area contributed by atoms with Crippen molar-refractivity contribution in [3.63, 3.8) is 0 Å². The van der Waals surface area contributed by atoms with Crippen molar-refractivity contribution in [3.05, 3.63) is 47.5 Å². The number of ether oxygens (including phenoxy) is 1. The molecule has 0 saturated carbocycles. The molecule has 0 aliphatic heterocycles. The quantitative estimate of drug-likeness (QED) is 0.599. The Morgan fingerprint density at radius 1 is 1.14 bits per heavy atom. The fourth-order valence-electron chi connectivity index (χ4n) is 2.11. The largest absolute Gasteiger partial charge is 0.493 e. The first-order valence-electron chi connectivity index (χ1n) is 6.96. The number of hydrogen-bond acceptors (Lipinski definition) is 3. The predicted octanol–water partition coefficient (Wildman–Crippen LogP) is 4.45. The minimum atomic E-state index is 0.0756. The van der Waals surface area contributed by atoms with Crippen LogP contribution in [0.3, 0.4) is 0 Å². The van der Waals surface area contributed by atoms with Crippen LogP contribution in [0.2, 0.25) is 0 Å². The van der Waals surface area contributed by atoms with E-state index >= 15 is 0 Å². The fourth-order valence-corrected chi connectivity index (χ4v) is 2.11. The lowest BCUT2D eigenvalue weighted by Gasteiger charge is -2.11. The molecule has 0 spiro atoms. The average Bonchev–Trinajstić information content (AvgIpc) is 2.53. The number of nitrogens with zero attached hydrogens (tertiary/aromatic N) is 2. The Morgan fingerprint density at radius 2 is 1.90 bits per heavy atom. The normalized spacial score (nSPS) is 9.67. The van der Waals surface area contributed by atoms with E-state index in [9.17, 15) is 0 Å². The van der Waals surface area contributed by atoms with Crippen molar-refractivity contribution >= 4 is 16.8 Å². The van der Waals surface area contributed by atoms with Gasteiger partial charge in [-0.3, -0.25) is 0 Å². The van der Waals surface area contributed by atoms with Gasteiger partial charge in [-0.25, -0.2) is 0 Å². The van der Waals surface area contributed by atoms with Crippen molar-refractivity contribution in [1.29, 1.82) is 10.5 Å². The highest BCUT2D eigenvalue weighted by Gasteiger charge is 2.08. The summed E-state index contributed by atoms with van der Waals surface area (Å²) < 4.78 is 5.81. The Kier molecular flexibility index (Phi) is 4.96. The monoisotopic (exact) mass is 276 g/mol. The van der Waals surface area contributed by atoms with Gasteiger partial charge in [0.25, 0.3) is 0 Å². The van der Waals surface area contributed by atoms with Crippen LogP contribution in [0.1, 0.15) is 25.3 Å². The van der Waals surface area contributed by atoms with Gasteiger partial charge >= 0.3 is 0 Å². The molecule has 0 heterocycles. The predicted molar refractivity (Wildman–Crippen MR) is 83.6 cm³/mol. The number of allylic oxidation sites excluding steroid dienone is 1. The van der Waals surface area contributed by atoms with E-state index in [1.54, 1.807) is 6.08 Å². The Labute approximate surface area is 124 Å². The van der Waals surface area contributed by atoms with Gasteiger partial charge in [-0.15, -0.1) is 0 Å². The van der Waals surface area contributed by atoms with E-state index in [4.69, 9.17) is 15.3 Å². The molecule has 104 valence electrons. The van der Waals surface area contributed by atoms with E-state index in [0.29, 0.717) is 12.4 Å². The van der Waals surface area contributed by atoms with Gasteiger partial charge in [0.15, 0.2) is 0 Å². The van der Waals surface area contributed by atoms with Crippen LogP contribution in [0.4, 0.5) is 0 Å². The minimum absolute atomic E-state index is 0.0756. The Morgan fingerprint density at radius 3 is 2.62 bits per heavy atom. The number of nitriles is 2. The third kappa shape index (κ3) is 3.41. The third-order valence-electron chi connectivity index (χ3n) is 3.22. The minimum Gasteiger partial charge on any atom is -0.493 e. The Hall–Kier alpha value is -2.78. The summed E-state index contributed by atoms with van der Waals surface area (Å²) >= 11 is 0. The highest BCUT2D eigenvalue weighted by Crippen LogP contribution is 2.30. The summed E-state index contributed by atoms with van der Waals surface area (Å²) in [6.45, 7) is 2.73. The number of unbranched alkanes of at least 4 members (excludes halogenated alkanes) is 1. The van der Waals surface area contributed by atoms with Gasteiger partial charge in [-0.2, -0.15) is 10.5 Å². The molecule has 0 amide bonds. The summed E-state index contributed by atoms with van der Waals surface area (Å²) in [6, 6.07) is 15.6. The van der Waals surface area contributed by atoms with E-state index in [1.165, 1.54) is 0 Å². The highest BCUT2D eigenvalue weighted by molar-refractivity contribution is 5.94. The number of rotatable bonds is 5. The third-order valence-corrected chi connectivity index (χ3v) is 3.22. The summed E-state index contributed by atoms with van der Waals surface area (Å²) in [4.78, 5) is 0. The van der Waals surface area contributed by atoms with Crippen LogP contribution in [0.5, 0.6) is 5.75 Å². The summed E-state index contributed by atoms with van der Waals surface area (Å²) in [5.74, 6) is 0.713. The molecule has 21 heavy (non-hydrogen) atoms. The molecule has 0 fully saturated rings. The standard InChI is InChI=1S/C18H16N2O/c1-2-3-10-21-18-9-8-15-6-4-5-7-16(15)17(18)11-14(12-19)13-20/h4-9,11H,2-3,10H2,1H3. The van der Waals surface area contributed by atoms with Gasteiger partial charge in [0.1, 0.15) is 23.5 Å². The van der Waals surface area contributed by atoms with Crippen LogP contribution in [0, 0.1) is 22.7 Å². The first-order chi connectivity index (χ1) is 10.3. The summed E-state index contributed by atoms with van der Waals surface area (Å²) in [6.07, 6.45) is 3.63. The summed E-state index contributed by atoms with van der Waals surface area (Å²) in [5.41, 5.74) is 0.869. The van der Waals surface area contributed by atoms with Crippen LogP contribution in [0.25, 0.3) is 16.8 Å². The second kappa shape index (κ2) is 7.12. The van der Waals surface area contributed by atoms with Gasteiger partial charge in [0, 0.05) is 5.56 Å². The van der Waals surface area contributed by atoms with Gasteiger partial charge in [0.2, 0.25) is 0 Å². The zero-order valence-electron chi connectivity index (χ0n) is 12.0. The number of fused-ring (bicyclic) bond motifs is 1. The molecule has 2 aromatic rings. The van der Waals surface area contributed by atoms with E-state index in [1.807, 2.05) is 48.5 Å². The lowest BCUT2D eigenvalue weighted by atomic mass is 10.0. The molecule has 0 aliphatic rings. The Bertz CT molecular complexity index is 732. The SMILES string of the molecule is CCCCOc1ccc2ccccc2c1C=C(C#N)C#N. The van der Waals surface area contributed by atoms with Gasteiger partial charge in [0.05, 0.1) is 6.61 Å². The van der Waals surface area contributed by atoms with Gasteiger partial charge < -0.3 is 4.74 Å². The molecule has 2 aromatic carbocycles. The maximum absolute atomic E-state index is 8.98. The van der Waals surface area contributed by atoms with Gasteiger partial charge in [-0.1, -0.05) is 43.7 Å². The molecule has 2 rings (SSSR count). The van der Waals surface area contributed by atoms with Crippen molar-refractivity contribution in [3.8, 4) is 17.9 Å². The Balaban J connectivity index is 2.55. The van der Waals surface area contributed by atoms with Crippen molar-refractivity contribution in [2.24, 2.45) is 0 Å². The van der Waals surface area contributed by atoms with E-state index in [-0.39, 0.29) is 5.57 Å². The molecule has 0 radical (unpaired) electrons. The van der Waals surface area contributed by atoms with Gasteiger partial charge in [-0.05, 0) is 29.3 Å². The molecule has 0 bridgehead atoms. The second-order valence-electron chi connectivity index (χ2n) is 4.68. The first kappa shape index (κ1) is 14.6. The van der Waals surface area contributed by atoms with Crippen LogP contribution in [-0.4, -0.2) is 6.61 Å². The van der Waals surface area contributed by atoms with E-state index in [0.717, 1.165) is 29.2 Å². The maximum Gasteiger partial charge on any atom is 0.130 e. The molecule has 3 heteroatoms. The zero-order chi connectivity index (χ0) is 15.1. The molecule has 0 N–H and O–H groups in total. The van der Waals surface area contributed by atoms with Crippen LogP contribution < -0.4 is 4.74 Å². The average molecular weight is 276 g/mol. The molecular formula is C18H16N2O. The van der Waals surface area contributed by atoms with E-state index < -0.39 is 0 Å². The first-order valence-corrected chi connectivity index (χ1v) is 6.96. The highest BCUT2D eigenvalue weighted by atomic mass is 16.5. The number of benzene rings is 2. The van der Waals surface area contributed by atoms with Crippen molar-refractivity contribution in [1.82, 2.24) is 0 Å². The fraction of sp³-hybridized carbons (Fsp3) is 0.222. The topological polar surface area (TPSA) is 56.8 Å². The second-order valence-corrected chi connectivity index (χ2v) is 4.68. The van der Waals surface area contributed by atoms with Crippen molar-refractivity contribution in [2.45, 2.75) is 19.8 Å². The molecule has 0 aliphatic carbocycles. The lowest BCUT2D eigenvalue weighted by Crippen LogP contribution is -1.98. The van der Waals surface area contributed by atoms with E-state index in [2.05, 4.69) is 6.92 Å². The molecule has 0 saturated heterocycles. The van der Waals surface area contributed by atoms with Crippen molar-refractivity contribution < 1.29 is 4.74 Å². The van der Waals surface area contributed by atoms with Crippen LogP contribution in [-0.2, 0) is 0 Å². The lowest BCUT2D eigenvalue weighted by molar-refractivity contribution is 0.309. The molecule has 3 nitrogen and oxygen atoms in total. The molecular weight excluding hydrogens is 260 g/mol. The van der Waals surface area contributed by atoms with Crippen LogP contribution >= 0.6 is 0 Å². The molecule has 0 unspecified atom stereocenters. The zero-order valence-corrected chi connectivity index (χ0v) is 12.0. The maximum atomic E-state index is 8.98. The van der Waals surface area contributed by atoms with Crippen molar-refractivity contribution in [2.75, 3.05) is 6.61 Å². The summed E-state index contributed by atoms with van der Waals surface area (Å²) in [5, 5.41) is 20.0. The van der Waals surface area contributed by atoms with Crippen LogP contribution in [0.15, 0.2) is 42.0 Å². The smallest absolute Gasteiger partial charge is 0.130 e. The summed E-state index contributed by atoms with van der Waals surface area (Å²) in [7, 11) is 0. The number of hydrogen-bond donors (Lipinski definition) is 0. The molecule has 0 aromatic heterocycles. The molecule has 0 atom stereocenters.